The van der Waals surface area contributed by atoms with E-state index in [1.807, 2.05) is 6.92 Å². The van der Waals surface area contributed by atoms with Crippen molar-refractivity contribution in [3.8, 4) is 0 Å². The topological polar surface area (TPSA) is 69.2 Å². The Labute approximate surface area is 221 Å². The number of piperidine rings is 2. The van der Waals surface area contributed by atoms with E-state index in [1.165, 1.54) is 45.1 Å². The van der Waals surface area contributed by atoms with Gasteiger partial charge in [0.2, 0.25) is 5.95 Å². The van der Waals surface area contributed by atoms with Crippen molar-refractivity contribution in [2.75, 3.05) is 25.0 Å². The van der Waals surface area contributed by atoms with Gasteiger partial charge >= 0.3 is 0 Å². The zero-order valence-electron chi connectivity index (χ0n) is 25.0. The lowest BCUT2D eigenvalue weighted by molar-refractivity contribution is 0.0805. The molecule has 206 valence electrons. The molecule has 1 aromatic heterocycles. The van der Waals surface area contributed by atoms with Crippen LogP contribution in [0, 0.1) is 6.92 Å². The molecule has 1 aromatic rings. The SMILES string of the molecule is Cc1ncnc(N(CCCCCCN(C)C2CC(C)(C)NC(C)(C)C2)C2CC(C)(C)NC(C)(C)C2)n1. The fourth-order valence-electron chi connectivity index (χ4n) is 7.20. The molecule has 36 heavy (non-hydrogen) atoms. The van der Waals surface area contributed by atoms with E-state index in [0.717, 1.165) is 31.2 Å². The summed E-state index contributed by atoms with van der Waals surface area (Å²) in [7, 11) is 2.33. The summed E-state index contributed by atoms with van der Waals surface area (Å²) in [4.78, 5) is 18.7. The van der Waals surface area contributed by atoms with Crippen LogP contribution in [0.5, 0.6) is 0 Å². The van der Waals surface area contributed by atoms with Gasteiger partial charge in [-0.15, -0.1) is 0 Å². The van der Waals surface area contributed by atoms with Crippen LogP contribution in [-0.2, 0) is 0 Å². The average molecular weight is 502 g/mol. The van der Waals surface area contributed by atoms with Crippen LogP contribution in [0.4, 0.5) is 5.95 Å². The first-order chi connectivity index (χ1) is 16.6. The smallest absolute Gasteiger partial charge is 0.228 e. The Hall–Kier alpha value is -1.31. The first kappa shape index (κ1) is 29.2. The summed E-state index contributed by atoms with van der Waals surface area (Å²) in [6.45, 7) is 22.8. The highest BCUT2D eigenvalue weighted by Crippen LogP contribution is 2.34. The van der Waals surface area contributed by atoms with E-state index in [2.05, 4.69) is 92.8 Å². The lowest BCUT2D eigenvalue weighted by Crippen LogP contribution is -2.62. The van der Waals surface area contributed by atoms with Crippen LogP contribution < -0.4 is 15.5 Å². The van der Waals surface area contributed by atoms with Crippen molar-refractivity contribution >= 4 is 5.95 Å². The van der Waals surface area contributed by atoms with Gasteiger partial charge in [0.05, 0.1) is 0 Å². The highest BCUT2D eigenvalue weighted by Gasteiger charge is 2.41. The van der Waals surface area contributed by atoms with Crippen LogP contribution >= 0.6 is 0 Å². The molecule has 0 radical (unpaired) electrons. The highest BCUT2D eigenvalue weighted by molar-refractivity contribution is 5.32. The van der Waals surface area contributed by atoms with E-state index in [-0.39, 0.29) is 22.2 Å². The molecular formula is C29H55N7. The predicted molar refractivity (Wildman–Crippen MR) is 152 cm³/mol. The van der Waals surface area contributed by atoms with Gasteiger partial charge in [-0.1, -0.05) is 12.8 Å². The fourth-order valence-corrected chi connectivity index (χ4v) is 7.20. The van der Waals surface area contributed by atoms with E-state index in [0.29, 0.717) is 12.1 Å². The van der Waals surface area contributed by atoms with Crippen molar-refractivity contribution in [2.24, 2.45) is 0 Å². The van der Waals surface area contributed by atoms with Gasteiger partial charge in [-0.3, -0.25) is 0 Å². The van der Waals surface area contributed by atoms with Crippen LogP contribution in [0.15, 0.2) is 6.33 Å². The maximum atomic E-state index is 4.73. The second-order valence-corrected chi connectivity index (χ2v) is 14.3. The molecule has 0 bridgehead atoms. The number of anilines is 1. The van der Waals surface area contributed by atoms with Crippen LogP contribution in [0.1, 0.15) is 113 Å². The molecular weight excluding hydrogens is 446 g/mol. The third kappa shape index (κ3) is 8.63. The lowest BCUT2D eigenvalue weighted by Gasteiger charge is -2.49. The van der Waals surface area contributed by atoms with Gasteiger partial charge < -0.3 is 20.4 Å². The van der Waals surface area contributed by atoms with E-state index in [4.69, 9.17) is 4.98 Å². The molecule has 0 aromatic carbocycles. The number of aromatic nitrogens is 3. The lowest BCUT2D eigenvalue weighted by atomic mass is 9.79. The number of hydrogen-bond donors (Lipinski definition) is 2. The van der Waals surface area contributed by atoms with Crippen LogP contribution in [0.3, 0.4) is 0 Å². The summed E-state index contributed by atoms with van der Waals surface area (Å²) in [6, 6.07) is 1.08. The molecule has 0 spiro atoms. The van der Waals surface area contributed by atoms with Gasteiger partial charge in [0.15, 0.2) is 0 Å². The Morgan fingerprint density at radius 3 is 1.69 bits per heavy atom. The Morgan fingerprint density at radius 2 is 1.19 bits per heavy atom. The molecule has 2 aliphatic heterocycles. The number of unbranched alkanes of at least 4 members (excludes halogenated alkanes) is 3. The molecule has 0 atom stereocenters. The minimum Gasteiger partial charge on any atom is -0.338 e. The van der Waals surface area contributed by atoms with E-state index < -0.39 is 0 Å². The number of nitrogens with one attached hydrogen (secondary N) is 2. The summed E-state index contributed by atoms with van der Waals surface area (Å²) in [5.41, 5.74) is 0.592. The largest absolute Gasteiger partial charge is 0.338 e. The summed E-state index contributed by atoms with van der Waals surface area (Å²) in [6.07, 6.45) is 11.2. The summed E-state index contributed by atoms with van der Waals surface area (Å²) in [5.74, 6) is 1.64. The van der Waals surface area contributed by atoms with Gasteiger partial charge in [-0.2, -0.15) is 4.98 Å². The van der Waals surface area contributed by atoms with E-state index in [9.17, 15) is 0 Å². The predicted octanol–water partition coefficient (Wildman–Crippen LogP) is 5.10. The minimum atomic E-state index is 0.0924. The van der Waals surface area contributed by atoms with Crippen LogP contribution in [0.25, 0.3) is 0 Å². The monoisotopic (exact) mass is 501 g/mol. The zero-order valence-corrected chi connectivity index (χ0v) is 25.0. The standard InChI is InChI=1S/C29H55N7/c1-22-30-21-31-25(32-22)36(24-19-28(6,7)34-29(8,9)20-24)16-14-12-11-13-15-35(10)23-17-26(2,3)33-27(4,5)18-23/h21,23-24,33-34H,11-20H2,1-10H3. The maximum Gasteiger partial charge on any atom is 0.228 e. The third-order valence-electron chi connectivity index (χ3n) is 8.00. The van der Waals surface area contributed by atoms with Gasteiger partial charge in [0.1, 0.15) is 12.2 Å². The first-order valence-electron chi connectivity index (χ1n) is 14.3. The van der Waals surface area contributed by atoms with Crippen molar-refractivity contribution in [1.29, 1.82) is 0 Å². The van der Waals surface area contributed by atoms with Crippen molar-refractivity contribution in [3.05, 3.63) is 12.2 Å². The fraction of sp³-hybridized carbons (Fsp3) is 0.897. The van der Waals surface area contributed by atoms with Crippen molar-refractivity contribution in [3.63, 3.8) is 0 Å². The normalized spacial score (nSPS) is 23.6. The average Bonchev–Trinajstić information content (AvgIpc) is 2.68. The first-order valence-corrected chi connectivity index (χ1v) is 14.3. The second-order valence-electron chi connectivity index (χ2n) is 14.3. The number of hydrogen-bond acceptors (Lipinski definition) is 7. The van der Waals surface area contributed by atoms with Gasteiger partial charge in [-0.25, -0.2) is 9.97 Å². The zero-order chi connectivity index (χ0) is 26.8. The van der Waals surface area contributed by atoms with Crippen molar-refractivity contribution in [2.45, 2.75) is 148 Å². The molecule has 7 heteroatoms. The van der Waals surface area contributed by atoms with Crippen LogP contribution in [-0.4, -0.2) is 74.2 Å². The molecule has 2 N–H and O–H groups in total. The molecule has 0 amide bonds. The molecule has 0 unspecified atom stereocenters. The van der Waals surface area contributed by atoms with E-state index in [1.54, 1.807) is 6.33 Å². The Bertz CT molecular complexity index is 816. The van der Waals surface area contributed by atoms with Gasteiger partial charge in [-0.05, 0) is 114 Å². The van der Waals surface area contributed by atoms with Gasteiger partial charge in [0, 0.05) is 40.8 Å². The summed E-state index contributed by atoms with van der Waals surface area (Å²) >= 11 is 0. The molecule has 3 rings (SSSR count). The molecule has 7 nitrogen and oxygen atoms in total. The molecule has 0 saturated carbocycles. The summed E-state index contributed by atoms with van der Waals surface area (Å²) < 4.78 is 0. The Morgan fingerprint density at radius 1 is 0.722 bits per heavy atom. The van der Waals surface area contributed by atoms with Gasteiger partial charge in [0.25, 0.3) is 0 Å². The molecule has 3 heterocycles. The Kier molecular flexibility index (Phi) is 9.10. The summed E-state index contributed by atoms with van der Waals surface area (Å²) in [5, 5.41) is 7.64. The molecule has 2 aliphatic rings. The third-order valence-corrected chi connectivity index (χ3v) is 8.00. The maximum absolute atomic E-state index is 4.73. The minimum absolute atomic E-state index is 0.0924. The Balaban J connectivity index is 1.52. The van der Waals surface area contributed by atoms with Crippen LogP contribution in [0.2, 0.25) is 0 Å². The molecule has 2 fully saturated rings. The quantitative estimate of drug-likeness (QED) is 0.432. The molecule has 0 aliphatic carbocycles. The second kappa shape index (κ2) is 11.2. The van der Waals surface area contributed by atoms with E-state index >= 15 is 0 Å². The number of nitrogens with zero attached hydrogens (tertiary/aromatic N) is 5. The van der Waals surface area contributed by atoms with Crippen molar-refractivity contribution < 1.29 is 0 Å². The number of aryl methyl sites for hydroxylation is 1. The highest BCUT2D eigenvalue weighted by atomic mass is 15.3. The molecule has 2 saturated heterocycles. The number of rotatable bonds is 10. The van der Waals surface area contributed by atoms with Crippen molar-refractivity contribution in [1.82, 2.24) is 30.5 Å².